The summed E-state index contributed by atoms with van der Waals surface area (Å²) >= 11 is 3.25. The van der Waals surface area contributed by atoms with Crippen molar-refractivity contribution < 1.29 is 14.6 Å². The maximum atomic E-state index is 11.2. The van der Waals surface area contributed by atoms with E-state index in [2.05, 4.69) is 29.8 Å². The molecule has 0 radical (unpaired) electrons. The Bertz CT molecular complexity index is 418. The summed E-state index contributed by atoms with van der Waals surface area (Å²) in [6.45, 7) is 4.89. The lowest BCUT2D eigenvalue weighted by atomic mass is 10.0. The van der Waals surface area contributed by atoms with E-state index in [1.165, 1.54) is 12.8 Å². The summed E-state index contributed by atoms with van der Waals surface area (Å²) in [5, 5.41) is 9.20. The number of aromatic carboxylic acids is 1. The maximum absolute atomic E-state index is 11.2. The van der Waals surface area contributed by atoms with Crippen molar-refractivity contribution in [3.63, 3.8) is 0 Å². The molecular formula is C15H21BrO3. The Labute approximate surface area is 123 Å². The molecule has 1 unspecified atom stereocenters. The van der Waals surface area contributed by atoms with Crippen LogP contribution in [0, 0.1) is 5.92 Å². The van der Waals surface area contributed by atoms with Crippen molar-refractivity contribution in [2.75, 3.05) is 6.61 Å². The lowest BCUT2D eigenvalue weighted by molar-refractivity contribution is 0.0690. The highest BCUT2D eigenvalue weighted by atomic mass is 79.9. The van der Waals surface area contributed by atoms with Crippen LogP contribution in [0.1, 0.15) is 49.9 Å². The molecule has 0 saturated heterocycles. The molecule has 0 heterocycles. The van der Waals surface area contributed by atoms with E-state index in [1.807, 2.05) is 0 Å². The van der Waals surface area contributed by atoms with Crippen LogP contribution in [-0.4, -0.2) is 17.7 Å². The number of halogens is 1. The second-order valence-electron chi connectivity index (χ2n) is 4.65. The van der Waals surface area contributed by atoms with Crippen LogP contribution >= 0.6 is 15.9 Å². The average Bonchev–Trinajstić information content (AvgIpc) is 2.38. The molecule has 0 aliphatic rings. The van der Waals surface area contributed by atoms with E-state index in [4.69, 9.17) is 4.74 Å². The Kier molecular flexibility index (Phi) is 6.92. The van der Waals surface area contributed by atoms with Gasteiger partial charge in [0, 0.05) is 4.47 Å². The summed E-state index contributed by atoms with van der Waals surface area (Å²) in [4.78, 5) is 11.2. The van der Waals surface area contributed by atoms with Crippen LogP contribution in [0.5, 0.6) is 5.75 Å². The zero-order chi connectivity index (χ0) is 14.3. The molecule has 0 aromatic heterocycles. The first-order valence-corrected chi connectivity index (χ1v) is 7.54. The average molecular weight is 329 g/mol. The zero-order valence-electron chi connectivity index (χ0n) is 11.5. The monoisotopic (exact) mass is 328 g/mol. The van der Waals surface area contributed by atoms with Gasteiger partial charge in [-0.2, -0.15) is 0 Å². The highest BCUT2D eigenvalue weighted by Crippen LogP contribution is 2.27. The van der Waals surface area contributed by atoms with Crippen LogP contribution in [0.25, 0.3) is 0 Å². The van der Waals surface area contributed by atoms with Gasteiger partial charge < -0.3 is 9.84 Å². The minimum atomic E-state index is -0.968. The lowest BCUT2D eigenvalue weighted by Crippen LogP contribution is -2.13. The van der Waals surface area contributed by atoms with Crippen molar-refractivity contribution >= 4 is 21.9 Å². The molecule has 1 rings (SSSR count). The largest absolute Gasteiger partial charge is 0.492 e. The Morgan fingerprint density at radius 1 is 1.42 bits per heavy atom. The molecule has 0 aliphatic carbocycles. The molecule has 0 amide bonds. The van der Waals surface area contributed by atoms with Gasteiger partial charge in [-0.25, -0.2) is 4.79 Å². The van der Waals surface area contributed by atoms with Gasteiger partial charge in [0.15, 0.2) is 0 Å². The van der Waals surface area contributed by atoms with Gasteiger partial charge in [-0.05, 0) is 40.4 Å². The number of hydrogen-bond acceptors (Lipinski definition) is 2. The molecule has 0 fully saturated rings. The van der Waals surface area contributed by atoms with Crippen molar-refractivity contribution in [2.24, 2.45) is 5.92 Å². The first-order chi connectivity index (χ1) is 9.10. The van der Waals surface area contributed by atoms with Gasteiger partial charge in [0.05, 0.1) is 6.61 Å². The Morgan fingerprint density at radius 3 is 2.74 bits per heavy atom. The molecule has 1 N–H and O–H groups in total. The van der Waals surface area contributed by atoms with Crippen molar-refractivity contribution in [3.05, 3.63) is 28.2 Å². The molecule has 1 aromatic rings. The minimum absolute atomic E-state index is 0.202. The topological polar surface area (TPSA) is 46.5 Å². The number of hydrogen-bond donors (Lipinski definition) is 1. The van der Waals surface area contributed by atoms with Gasteiger partial charge in [-0.15, -0.1) is 0 Å². The normalized spacial score (nSPS) is 12.2. The molecule has 0 spiro atoms. The molecule has 0 bridgehead atoms. The van der Waals surface area contributed by atoms with Crippen molar-refractivity contribution in [3.8, 4) is 5.75 Å². The van der Waals surface area contributed by atoms with Crippen molar-refractivity contribution in [2.45, 2.75) is 39.5 Å². The summed E-state index contributed by atoms with van der Waals surface area (Å²) < 4.78 is 6.27. The van der Waals surface area contributed by atoms with E-state index in [0.717, 1.165) is 12.8 Å². The molecule has 0 saturated carbocycles. The number of carboxylic acids is 1. The molecule has 19 heavy (non-hydrogen) atoms. The standard InChI is InChI=1S/C15H21BrO3/c1-3-5-7-11(4-2)10-19-13-9-6-8-12(16)14(13)15(17)18/h6,8-9,11H,3-5,7,10H2,1-2H3,(H,17,18). The van der Waals surface area contributed by atoms with Crippen molar-refractivity contribution in [1.82, 2.24) is 0 Å². The molecular weight excluding hydrogens is 308 g/mol. The first-order valence-electron chi connectivity index (χ1n) is 6.74. The number of carboxylic acid groups (broad SMARTS) is 1. The third-order valence-electron chi connectivity index (χ3n) is 3.21. The van der Waals surface area contributed by atoms with Gasteiger partial charge in [0.1, 0.15) is 11.3 Å². The predicted molar refractivity (Wildman–Crippen MR) is 79.9 cm³/mol. The maximum Gasteiger partial charge on any atom is 0.340 e. The third-order valence-corrected chi connectivity index (χ3v) is 3.87. The molecule has 106 valence electrons. The van der Waals surface area contributed by atoms with Crippen LogP contribution in [-0.2, 0) is 0 Å². The van der Waals surface area contributed by atoms with Gasteiger partial charge >= 0.3 is 5.97 Å². The van der Waals surface area contributed by atoms with E-state index >= 15 is 0 Å². The van der Waals surface area contributed by atoms with Crippen LogP contribution in [0.3, 0.4) is 0 Å². The summed E-state index contributed by atoms with van der Waals surface area (Å²) in [7, 11) is 0. The highest BCUT2D eigenvalue weighted by molar-refractivity contribution is 9.10. The SMILES string of the molecule is CCCCC(CC)COc1cccc(Br)c1C(=O)O. The first kappa shape index (κ1) is 16.0. The molecule has 1 aromatic carbocycles. The highest BCUT2D eigenvalue weighted by Gasteiger charge is 2.16. The van der Waals surface area contributed by atoms with Gasteiger partial charge in [-0.1, -0.05) is 39.2 Å². The Balaban J connectivity index is 2.71. The van der Waals surface area contributed by atoms with Gasteiger partial charge in [0.25, 0.3) is 0 Å². The summed E-state index contributed by atoms with van der Waals surface area (Å²) in [5.74, 6) is -0.0403. The lowest BCUT2D eigenvalue weighted by Gasteiger charge is -2.17. The van der Waals surface area contributed by atoms with Crippen LogP contribution in [0.4, 0.5) is 0 Å². The number of unbranched alkanes of at least 4 members (excludes halogenated alkanes) is 1. The van der Waals surface area contributed by atoms with E-state index in [9.17, 15) is 9.90 Å². The molecule has 0 aliphatic heterocycles. The van der Waals surface area contributed by atoms with E-state index in [0.29, 0.717) is 22.7 Å². The fourth-order valence-corrected chi connectivity index (χ4v) is 2.46. The Morgan fingerprint density at radius 2 is 2.16 bits per heavy atom. The molecule has 4 heteroatoms. The predicted octanol–water partition coefficient (Wildman–Crippen LogP) is 4.74. The quantitative estimate of drug-likeness (QED) is 0.749. The number of rotatable bonds is 8. The fourth-order valence-electron chi connectivity index (χ4n) is 1.94. The van der Waals surface area contributed by atoms with Gasteiger partial charge in [0.2, 0.25) is 0 Å². The van der Waals surface area contributed by atoms with Crippen LogP contribution in [0.15, 0.2) is 22.7 Å². The minimum Gasteiger partial charge on any atom is -0.492 e. The van der Waals surface area contributed by atoms with E-state index < -0.39 is 5.97 Å². The zero-order valence-corrected chi connectivity index (χ0v) is 13.1. The van der Waals surface area contributed by atoms with Gasteiger partial charge in [-0.3, -0.25) is 0 Å². The van der Waals surface area contributed by atoms with E-state index in [-0.39, 0.29) is 5.56 Å². The van der Waals surface area contributed by atoms with Crippen molar-refractivity contribution in [1.29, 1.82) is 0 Å². The smallest absolute Gasteiger partial charge is 0.340 e. The summed E-state index contributed by atoms with van der Waals surface area (Å²) in [6.07, 6.45) is 4.54. The van der Waals surface area contributed by atoms with E-state index in [1.54, 1.807) is 18.2 Å². The second kappa shape index (κ2) is 8.20. The van der Waals surface area contributed by atoms with Crippen LogP contribution < -0.4 is 4.74 Å². The fraction of sp³-hybridized carbons (Fsp3) is 0.533. The number of carbonyl (C=O) groups is 1. The summed E-state index contributed by atoms with van der Waals surface area (Å²) in [6, 6.07) is 5.21. The van der Waals surface area contributed by atoms with Crippen LogP contribution in [0.2, 0.25) is 0 Å². The summed E-state index contributed by atoms with van der Waals surface area (Å²) in [5.41, 5.74) is 0.202. The number of benzene rings is 1. The third kappa shape index (κ3) is 4.86. The second-order valence-corrected chi connectivity index (χ2v) is 5.50. The number of ether oxygens (including phenoxy) is 1. The molecule has 1 atom stereocenters. The molecule has 3 nitrogen and oxygen atoms in total. The Hall–Kier alpha value is -1.03.